The smallest absolute Gasteiger partial charge is 0.462 e. The van der Waals surface area contributed by atoms with Gasteiger partial charge in [0.1, 0.15) is 19.3 Å². The number of carbonyl (C=O) groups excluding carboxylic acids is 4. The molecule has 0 spiro atoms. The van der Waals surface area contributed by atoms with Crippen molar-refractivity contribution in [2.75, 3.05) is 39.6 Å². The molecule has 0 aromatic rings. The monoisotopic (exact) mass is 1380 g/mol. The summed E-state index contributed by atoms with van der Waals surface area (Å²) in [5, 5.41) is 10.6. The highest BCUT2D eigenvalue weighted by Crippen LogP contribution is 2.45. The average molecular weight is 1380 g/mol. The van der Waals surface area contributed by atoms with Gasteiger partial charge in [-0.1, -0.05) is 316 Å². The molecule has 0 rings (SSSR count). The molecule has 554 valence electrons. The molecule has 0 amide bonds. The minimum atomic E-state index is -4.96. The molecule has 19 heteroatoms. The third kappa shape index (κ3) is 68.1. The molecule has 0 radical (unpaired) electrons. The predicted octanol–water partition coefficient (Wildman–Crippen LogP) is 21.6. The summed E-state index contributed by atoms with van der Waals surface area (Å²) in [5.74, 6) is -1.36. The Labute approximate surface area is 573 Å². The zero-order chi connectivity index (χ0) is 69.1. The van der Waals surface area contributed by atoms with Gasteiger partial charge in [-0.25, -0.2) is 9.13 Å². The SMILES string of the molecule is CCCCCC/C=C\C=C/CCCCCCCC(=O)O[C@H](COC(=O)CCCCCCC)COP(=O)(O)OC[C@H](O)COP(=O)(O)OC[C@@H](COC(=O)CCCCCCCCCCCCCCCCCCC)OC(=O)CCCCCCCCCCCCCCCCC(C)C. The number of aliphatic hydroxyl groups is 1. The molecule has 94 heavy (non-hydrogen) atoms. The van der Waals surface area contributed by atoms with Gasteiger partial charge < -0.3 is 33.8 Å². The lowest BCUT2D eigenvalue weighted by atomic mass is 10.0. The Kier molecular flexibility index (Phi) is 65.9. The van der Waals surface area contributed by atoms with E-state index in [0.29, 0.717) is 25.7 Å². The zero-order valence-electron chi connectivity index (χ0n) is 60.6. The molecule has 0 fully saturated rings. The van der Waals surface area contributed by atoms with Gasteiger partial charge in [-0.2, -0.15) is 0 Å². The van der Waals surface area contributed by atoms with Gasteiger partial charge in [-0.3, -0.25) is 37.3 Å². The average Bonchev–Trinajstić information content (AvgIpc) is 3.11. The van der Waals surface area contributed by atoms with Gasteiger partial charge in [-0.15, -0.1) is 0 Å². The third-order valence-electron chi connectivity index (χ3n) is 16.9. The largest absolute Gasteiger partial charge is 0.472 e. The van der Waals surface area contributed by atoms with Crippen LogP contribution in [0.25, 0.3) is 0 Å². The van der Waals surface area contributed by atoms with Crippen molar-refractivity contribution in [3.8, 4) is 0 Å². The number of ether oxygens (including phenoxy) is 4. The molecule has 0 bridgehead atoms. The Hall–Kier alpha value is -2.46. The fraction of sp³-hybridized carbons (Fsp3) is 0.893. The Morgan fingerprint density at radius 2 is 0.574 bits per heavy atom. The van der Waals surface area contributed by atoms with Crippen molar-refractivity contribution in [2.24, 2.45) is 5.92 Å². The molecule has 0 aromatic heterocycles. The number of phosphoric acid groups is 2. The highest BCUT2D eigenvalue weighted by atomic mass is 31.2. The number of hydrogen-bond donors (Lipinski definition) is 3. The quantitative estimate of drug-likeness (QED) is 0.0169. The van der Waals surface area contributed by atoms with Gasteiger partial charge in [0.2, 0.25) is 0 Å². The maximum absolute atomic E-state index is 13.1. The predicted molar refractivity (Wildman–Crippen MR) is 381 cm³/mol. The number of carbonyl (C=O) groups is 4. The van der Waals surface area contributed by atoms with Crippen LogP contribution >= 0.6 is 15.6 Å². The summed E-state index contributed by atoms with van der Waals surface area (Å²) in [6.45, 7) is 7.15. The van der Waals surface area contributed by atoms with Gasteiger partial charge in [0.25, 0.3) is 0 Å². The van der Waals surface area contributed by atoms with Crippen LogP contribution in [0.15, 0.2) is 24.3 Å². The molecule has 0 aliphatic rings. The fourth-order valence-electron chi connectivity index (χ4n) is 11.0. The summed E-state index contributed by atoms with van der Waals surface area (Å²) in [5.41, 5.74) is 0. The number of phosphoric ester groups is 2. The van der Waals surface area contributed by atoms with Crippen LogP contribution in [0.4, 0.5) is 0 Å². The van der Waals surface area contributed by atoms with E-state index < -0.39 is 97.5 Å². The summed E-state index contributed by atoms with van der Waals surface area (Å²) in [7, 11) is -9.91. The standard InChI is InChI=1S/C75H142O17P2/c1-6-9-12-15-17-19-21-23-25-26-28-32-36-40-44-49-54-59-73(78)86-65-71(92-75(80)61-56-51-46-42-38-34-30-29-31-35-39-43-48-52-57-68(4)5)67-90-94(83,84)88-63-69(76)62-87-93(81,82)89-66-70(64-85-72(77)58-53-47-14-11-8-3)91-74(79)60-55-50-45-41-37-33-27-24-22-20-18-16-13-10-7-2/h20,22,24,27,68-71,76H,6-19,21,23,25-26,28-67H2,1-5H3,(H,81,82)(H,83,84)/b22-20-,27-24-/t69-,70+,71+/m0/s1. The van der Waals surface area contributed by atoms with Gasteiger partial charge >= 0.3 is 39.5 Å². The highest BCUT2D eigenvalue weighted by Gasteiger charge is 2.30. The van der Waals surface area contributed by atoms with Crippen molar-refractivity contribution in [1.29, 1.82) is 0 Å². The number of unbranched alkanes of at least 4 members (excludes halogenated alkanes) is 42. The van der Waals surface area contributed by atoms with Crippen LogP contribution in [0, 0.1) is 5.92 Å². The second-order valence-electron chi connectivity index (χ2n) is 26.8. The summed E-state index contributed by atoms with van der Waals surface area (Å²) in [6.07, 6.45) is 59.5. The Morgan fingerprint density at radius 3 is 0.872 bits per heavy atom. The molecule has 0 aliphatic carbocycles. The number of allylic oxidation sites excluding steroid dienone is 4. The first kappa shape index (κ1) is 91.5. The lowest BCUT2D eigenvalue weighted by Gasteiger charge is -2.21. The molecule has 0 aromatic carbocycles. The van der Waals surface area contributed by atoms with Gasteiger partial charge in [0.15, 0.2) is 12.2 Å². The molecule has 5 atom stereocenters. The van der Waals surface area contributed by atoms with Crippen molar-refractivity contribution in [1.82, 2.24) is 0 Å². The topological polar surface area (TPSA) is 237 Å². The van der Waals surface area contributed by atoms with Gasteiger partial charge in [0.05, 0.1) is 26.4 Å². The molecule has 0 heterocycles. The second kappa shape index (κ2) is 67.7. The second-order valence-corrected chi connectivity index (χ2v) is 29.7. The molecule has 3 N–H and O–H groups in total. The Balaban J connectivity index is 5.17. The van der Waals surface area contributed by atoms with E-state index in [9.17, 15) is 43.2 Å². The Morgan fingerprint density at radius 1 is 0.330 bits per heavy atom. The van der Waals surface area contributed by atoms with E-state index >= 15 is 0 Å². The third-order valence-corrected chi connectivity index (χ3v) is 18.8. The molecule has 17 nitrogen and oxygen atoms in total. The van der Waals surface area contributed by atoms with E-state index in [1.54, 1.807) is 0 Å². The maximum Gasteiger partial charge on any atom is 0.472 e. The first-order chi connectivity index (χ1) is 45.5. The van der Waals surface area contributed by atoms with Crippen molar-refractivity contribution >= 4 is 39.5 Å². The van der Waals surface area contributed by atoms with Gasteiger partial charge in [0, 0.05) is 25.7 Å². The van der Waals surface area contributed by atoms with Crippen LogP contribution in [0.5, 0.6) is 0 Å². The molecular weight excluding hydrogens is 1230 g/mol. The highest BCUT2D eigenvalue weighted by molar-refractivity contribution is 7.47. The van der Waals surface area contributed by atoms with E-state index in [4.69, 9.17) is 37.0 Å². The minimum absolute atomic E-state index is 0.0843. The summed E-state index contributed by atoms with van der Waals surface area (Å²) >= 11 is 0. The normalized spacial score (nSPS) is 14.1. The number of hydrogen-bond acceptors (Lipinski definition) is 15. The van der Waals surface area contributed by atoms with E-state index in [0.717, 1.165) is 115 Å². The number of aliphatic hydroxyl groups excluding tert-OH is 1. The van der Waals surface area contributed by atoms with Crippen LogP contribution in [0.1, 0.15) is 369 Å². The first-order valence-electron chi connectivity index (χ1n) is 38.5. The maximum atomic E-state index is 13.1. The van der Waals surface area contributed by atoms with Crippen molar-refractivity contribution < 1.29 is 80.2 Å². The molecule has 0 aliphatic heterocycles. The van der Waals surface area contributed by atoms with Crippen molar-refractivity contribution in [3.63, 3.8) is 0 Å². The van der Waals surface area contributed by atoms with Crippen LogP contribution < -0.4 is 0 Å². The van der Waals surface area contributed by atoms with Crippen LogP contribution in [-0.4, -0.2) is 96.7 Å². The summed E-state index contributed by atoms with van der Waals surface area (Å²) in [6, 6.07) is 0. The van der Waals surface area contributed by atoms with Gasteiger partial charge in [-0.05, 0) is 57.3 Å². The summed E-state index contributed by atoms with van der Waals surface area (Å²) < 4.78 is 68.2. The first-order valence-corrected chi connectivity index (χ1v) is 41.4. The lowest BCUT2D eigenvalue weighted by Crippen LogP contribution is -2.30. The van der Waals surface area contributed by atoms with Crippen LogP contribution in [0.2, 0.25) is 0 Å². The zero-order valence-corrected chi connectivity index (χ0v) is 62.4. The molecule has 0 saturated carbocycles. The Bertz CT molecular complexity index is 1900. The molecule has 2 unspecified atom stereocenters. The van der Waals surface area contributed by atoms with Crippen LogP contribution in [-0.2, 0) is 65.4 Å². The van der Waals surface area contributed by atoms with Crippen molar-refractivity contribution in [2.45, 2.75) is 387 Å². The van der Waals surface area contributed by atoms with E-state index in [1.807, 2.05) is 0 Å². The molecule has 0 saturated heterocycles. The number of rotatable bonds is 73. The van der Waals surface area contributed by atoms with E-state index in [-0.39, 0.29) is 25.7 Å². The lowest BCUT2D eigenvalue weighted by molar-refractivity contribution is -0.161. The summed E-state index contributed by atoms with van der Waals surface area (Å²) in [4.78, 5) is 72.5. The number of esters is 4. The van der Waals surface area contributed by atoms with E-state index in [1.165, 1.54) is 173 Å². The van der Waals surface area contributed by atoms with Crippen molar-refractivity contribution in [3.05, 3.63) is 24.3 Å². The van der Waals surface area contributed by atoms with Crippen LogP contribution in [0.3, 0.4) is 0 Å². The minimum Gasteiger partial charge on any atom is -0.462 e. The van der Waals surface area contributed by atoms with E-state index in [2.05, 4.69) is 58.9 Å². The fourth-order valence-corrected chi connectivity index (χ4v) is 12.6. The molecular formula is C75H142O17P2.